The van der Waals surface area contributed by atoms with Gasteiger partial charge in [-0.3, -0.25) is 5.84 Å². The number of hydrazine groups is 1. The Morgan fingerprint density at radius 1 is 1.29 bits per heavy atom. The van der Waals surface area contributed by atoms with Crippen LogP contribution in [0.4, 0.5) is 18.9 Å². The number of benzene rings is 1. The third-order valence-electron chi connectivity index (χ3n) is 1.45. The minimum Gasteiger partial charge on any atom is -0.323 e. The average Bonchev–Trinajstić information content (AvgIpc) is 2.01. The Kier molecular flexibility index (Phi) is 4.51. The summed E-state index contributed by atoms with van der Waals surface area (Å²) in [5.74, 6) is 4.91. The van der Waals surface area contributed by atoms with Gasteiger partial charge in [0, 0.05) is 0 Å². The number of rotatable bonds is 1. The maximum atomic E-state index is 12.3. The lowest BCUT2D eigenvalue weighted by molar-refractivity contribution is -0.136. The van der Waals surface area contributed by atoms with Gasteiger partial charge in [0.15, 0.2) is 0 Å². The lowest BCUT2D eigenvalue weighted by atomic mass is 10.2. The normalized spacial score (nSPS) is 10.6. The number of nitrogens with two attached hydrogens (primary N) is 1. The van der Waals surface area contributed by atoms with Crippen molar-refractivity contribution in [3.63, 3.8) is 0 Å². The smallest absolute Gasteiger partial charge is 0.323 e. The van der Waals surface area contributed by atoms with Gasteiger partial charge in [-0.15, -0.1) is 12.4 Å². The number of nitrogen functional groups attached to an aromatic ring is 1. The summed E-state index contributed by atoms with van der Waals surface area (Å²) < 4.78 is 36.9. The van der Waals surface area contributed by atoms with Crippen LogP contribution in [-0.2, 0) is 6.18 Å². The molecule has 1 aromatic carbocycles. The molecule has 1 rings (SSSR count). The van der Waals surface area contributed by atoms with E-state index in [4.69, 9.17) is 17.4 Å². The van der Waals surface area contributed by atoms with Crippen LogP contribution in [0.1, 0.15) is 5.56 Å². The molecule has 3 N–H and O–H groups in total. The number of anilines is 1. The summed E-state index contributed by atoms with van der Waals surface area (Å²) in [6, 6.07) is 3.74. The van der Waals surface area contributed by atoms with Gasteiger partial charge in [0.05, 0.1) is 16.3 Å². The third-order valence-corrected chi connectivity index (χ3v) is 1.77. The van der Waals surface area contributed by atoms with E-state index >= 15 is 0 Å². The largest absolute Gasteiger partial charge is 0.419 e. The molecule has 0 atom stereocenters. The molecule has 0 aliphatic rings. The summed E-state index contributed by atoms with van der Waals surface area (Å²) in [4.78, 5) is 0. The van der Waals surface area contributed by atoms with Gasteiger partial charge in [-0.1, -0.05) is 17.7 Å². The second-order valence-electron chi connectivity index (χ2n) is 2.30. The van der Waals surface area contributed by atoms with Crippen LogP contribution in [0.25, 0.3) is 0 Å². The Morgan fingerprint density at radius 3 is 2.21 bits per heavy atom. The average molecular weight is 247 g/mol. The van der Waals surface area contributed by atoms with Crippen LogP contribution >= 0.6 is 24.0 Å². The van der Waals surface area contributed by atoms with E-state index in [2.05, 4.69) is 0 Å². The van der Waals surface area contributed by atoms with Crippen molar-refractivity contribution in [3.05, 3.63) is 28.8 Å². The van der Waals surface area contributed by atoms with Crippen LogP contribution in [0, 0.1) is 0 Å². The van der Waals surface area contributed by atoms with Crippen LogP contribution in [0.2, 0.25) is 5.02 Å². The molecule has 80 valence electrons. The maximum Gasteiger partial charge on any atom is 0.419 e. The Bertz CT molecular complexity index is 314. The highest BCUT2D eigenvalue weighted by Gasteiger charge is 2.35. The summed E-state index contributed by atoms with van der Waals surface area (Å²) in [5, 5.41) is -0.372. The van der Waals surface area contributed by atoms with Crippen molar-refractivity contribution in [3.8, 4) is 0 Å². The van der Waals surface area contributed by atoms with Crippen molar-refractivity contribution in [1.82, 2.24) is 0 Å². The Hall–Kier alpha value is -0.650. The van der Waals surface area contributed by atoms with E-state index in [-0.39, 0.29) is 23.1 Å². The lowest BCUT2D eigenvalue weighted by Gasteiger charge is -2.13. The molecule has 1 aromatic rings. The van der Waals surface area contributed by atoms with Gasteiger partial charge in [0.1, 0.15) is 0 Å². The van der Waals surface area contributed by atoms with E-state index in [1.54, 1.807) is 0 Å². The zero-order valence-corrected chi connectivity index (χ0v) is 8.30. The molecule has 14 heavy (non-hydrogen) atoms. The first-order chi connectivity index (χ1) is 5.96. The standard InChI is InChI=1S/C7H6ClF3N2.ClH/c8-4-2-1-3-5(13-12)6(4)7(9,10)11;/h1-3,13H,12H2;1H. The highest BCUT2D eigenvalue weighted by atomic mass is 35.5. The van der Waals surface area contributed by atoms with Gasteiger partial charge >= 0.3 is 6.18 Å². The number of nitrogens with one attached hydrogen (secondary N) is 1. The first kappa shape index (κ1) is 13.4. The molecule has 0 unspecified atom stereocenters. The fourth-order valence-corrected chi connectivity index (χ4v) is 1.21. The predicted molar refractivity (Wildman–Crippen MR) is 51.5 cm³/mol. The van der Waals surface area contributed by atoms with E-state index in [1.807, 2.05) is 5.43 Å². The van der Waals surface area contributed by atoms with Gasteiger partial charge in [-0.05, 0) is 12.1 Å². The maximum absolute atomic E-state index is 12.3. The Labute approximate surface area is 89.6 Å². The van der Waals surface area contributed by atoms with Crippen molar-refractivity contribution < 1.29 is 13.2 Å². The third kappa shape index (κ3) is 2.67. The summed E-state index contributed by atoms with van der Waals surface area (Å²) in [6.07, 6.45) is -4.50. The van der Waals surface area contributed by atoms with Gasteiger partial charge < -0.3 is 5.43 Å². The van der Waals surface area contributed by atoms with Crippen LogP contribution < -0.4 is 11.3 Å². The predicted octanol–water partition coefficient (Wildman–Crippen LogP) is 3.07. The highest BCUT2D eigenvalue weighted by Crippen LogP contribution is 2.39. The molecule has 0 saturated heterocycles. The monoisotopic (exact) mass is 246 g/mol. The topological polar surface area (TPSA) is 38.0 Å². The fraction of sp³-hybridized carbons (Fsp3) is 0.143. The van der Waals surface area contributed by atoms with Gasteiger partial charge in [-0.25, -0.2) is 0 Å². The highest BCUT2D eigenvalue weighted by molar-refractivity contribution is 6.31. The van der Waals surface area contributed by atoms with Gasteiger partial charge in [0.2, 0.25) is 0 Å². The molecular formula is C7H7Cl2F3N2. The fourth-order valence-electron chi connectivity index (χ4n) is 0.933. The van der Waals surface area contributed by atoms with E-state index < -0.39 is 11.7 Å². The molecule has 0 aliphatic heterocycles. The quantitative estimate of drug-likeness (QED) is 0.591. The Balaban J connectivity index is 0.00000169. The molecule has 2 nitrogen and oxygen atoms in total. The SMILES string of the molecule is Cl.NNc1cccc(Cl)c1C(F)(F)F. The lowest BCUT2D eigenvalue weighted by Crippen LogP contribution is -2.15. The van der Waals surface area contributed by atoms with Crippen molar-refractivity contribution in [2.75, 3.05) is 5.43 Å². The molecular weight excluding hydrogens is 240 g/mol. The molecule has 0 fully saturated rings. The Morgan fingerprint density at radius 2 is 1.86 bits per heavy atom. The van der Waals surface area contributed by atoms with E-state index in [1.165, 1.54) is 12.1 Å². The van der Waals surface area contributed by atoms with Crippen LogP contribution in [0.5, 0.6) is 0 Å². The number of hydrogen-bond acceptors (Lipinski definition) is 2. The summed E-state index contributed by atoms with van der Waals surface area (Å²) in [5.41, 5.74) is 0.757. The van der Waals surface area contributed by atoms with Crippen molar-refractivity contribution >= 4 is 29.7 Å². The molecule has 7 heteroatoms. The second-order valence-corrected chi connectivity index (χ2v) is 2.71. The van der Waals surface area contributed by atoms with Crippen LogP contribution in [-0.4, -0.2) is 0 Å². The summed E-state index contributed by atoms with van der Waals surface area (Å²) >= 11 is 5.38. The second kappa shape index (κ2) is 4.72. The summed E-state index contributed by atoms with van der Waals surface area (Å²) in [7, 11) is 0. The van der Waals surface area contributed by atoms with E-state index in [9.17, 15) is 13.2 Å². The van der Waals surface area contributed by atoms with Crippen LogP contribution in [0.15, 0.2) is 18.2 Å². The first-order valence-electron chi connectivity index (χ1n) is 3.29. The van der Waals surface area contributed by atoms with Crippen molar-refractivity contribution in [2.24, 2.45) is 5.84 Å². The van der Waals surface area contributed by atoms with Crippen molar-refractivity contribution in [1.29, 1.82) is 0 Å². The van der Waals surface area contributed by atoms with E-state index in [0.717, 1.165) is 6.07 Å². The molecule has 0 spiro atoms. The molecule has 0 radical (unpaired) electrons. The van der Waals surface area contributed by atoms with Gasteiger partial charge in [0.25, 0.3) is 0 Å². The van der Waals surface area contributed by atoms with Crippen molar-refractivity contribution in [2.45, 2.75) is 6.18 Å². The zero-order valence-electron chi connectivity index (χ0n) is 6.73. The van der Waals surface area contributed by atoms with E-state index in [0.29, 0.717) is 0 Å². The summed E-state index contributed by atoms with van der Waals surface area (Å²) in [6.45, 7) is 0. The molecule has 0 saturated carbocycles. The number of hydrogen-bond donors (Lipinski definition) is 2. The number of halogens is 5. The molecule has 0 heterocycles. The zero-order chi connectivity index (χ0) is 10.1. The minimum absolute atomic E-state index is 0. The molecule has 0 bridgehead atoms. The minimum atomic E-state index is -4.50. The molecule has 0 aliphatic carbocycles. The number of alkyl halides is 3. The van der Waals surface area contributed by atoms with Gasteiger partial charge in [-0.2, -0.15) is 13.2 Å². The van der Waals surface area contributed by atoms with Crippen LogP contribution in [0.3, 0.4) is 0 Å². The molecule has 0 aromatic heterocycles. The molecule has 0 amide bonds. The first-order valence-corrected chi connectivity index (χ1v) is 3.67.